The second kappa shape index (κ2) is 7.94. The molecule has 26 heavy (non-hydrogen) atoms. The van der Waals surface area contributed by atoms with Crippen LogP contribution in [0.2, 0.25) is 0 Å². The maximum absolute atomic E-state index is 12.4. The number of hydrogen-bond donors (Lipinski definition) is 0. The predicted molar refractivity (Wildman–Crippen MR) is 92.3 cm³/mol. The number of rotatable bonds is 6. The minimum absolute atomic E-state index is 0.0568. The highest BCUT2D eigenvalue weighted by molar-refractivity contribution is 5.76. The molecule has 1 saturated heterocycles. The lowest BCUT2D eigenvalue weighted by molar-refractivity contribution is -0.133. The third-order valence-corrected chi connectivity index (χ3v) is 4.67. The van der Waals surface area contributed by atoms with E-state index in [9.17, 15) is 4.79 Å². The van der Waals surface area contributed by atoms with Gasteiger partial charge >= 0.3 is 0 Å². The van der Waals surface area contributed by atoms with E-state index in [0.717, 1.165) is 13.1 Å². The van der Waals surface area contributed by atoms with Gasteiger partial charge in [-0.1, -0.05) is 24.2 Å². The molecule has 1 unspecified atom stereocenters. The van der Waals surface area contributed by atoms with Gasteiger partial charge in [0.25, 0.3) is 0 Å². The van der Waals surface area contributed by atoms with E-state index in [-0.39, 0.29) is 17.9 Å². The van der Waals surface area contributed by atoms with Gasteiger partial charge in [0.1, 0.15) is 0 Å². The first kappa shape index (κ1) is 18.5. The first-order valence-corrected chi connectivity index (χ1v) is 9.08. The fourth-order valence-electron chi connectivity index (χ4n) is 2.97. The van der Waals surface area contributed by atoms with Gasteiger partial charge < -0.3 is 13.9 Å². The number of amides is 1. The lowest BCUT2D eigenvalue weighted by Crippen LogP contribution is -2.49. The molecule has 0 radical (unpaired) electrons. The maximum Gasteiger partial charge on any atom is 0.243 e. The molecule has 0 saturated carbocycles. The minimum atomic E-state index is 0.0568. The van der Waals surface area contributed by atoms with Crippen molar-refractivity contribution < 1.29 is 13.8 Å². The number of carbonyl (C=O) groups is 1. The quantitative estimate of drug-likeness (QED) is 0.765. The molecule has 0 bridgehead atoms. The summed E-state index contributed by atoms with van der Waals surface area (Å²) < 4.78 is 10.5. The van der Waals surface area contributed by atoms with Crippen LogP contribution in [-0.2, 0) is 11.2 Å². The molecule has 1 aliphatic rings. The summed E-state index contributed by atoms with van der Waals surface area (Å²) in [7, 11) is 0. The van der Waals surface area contributed by atoms with Gasteiger partial charge in [0.15, 0.2) is 11.6 Å². The maximum atomic E-state index is 12.4. The van der Waals surface area contributed by atoms with Crippen LogP contribution in [0.25, 0.3) is 0 Å². The SMILES string of the molecule is Cc1noc(C(C)N2CCN(C(=O)CCc3nc(C(C)C)no3)CC2)n1. The largest absolute Gasteiger partial charge is 0.340 e. The predicted octanol–water partition coefficient (Wildman–Crippen LogP) is 1.72. The van der Waals surface area contributed by atoms with Crippen molar-refractivity contribution in [1.82, 2.24) is 30.1 Å². The molecule has 0 aliphatic carbocycles. The Hall–Kier alpha value is -2.29. The Labute approximate surface area is 152 Å². The average Bonchev–Trinajstić information content (AvgIpc) is 3.28. The van der Waals surface area contributed by atoms with Crippen molar-refractivity contribution in [2.45, 2.75) is 52.5 Å². The smallest absolute Gasteiger partial charge is 0.243 e. The number of hydrogen-bond acceptors (Lipinski definition) is 8. The first-order chi connectivity index (χ1) is 12.4. The van der Waals surface area contributed by atoms with E-state index in [1.807, 2.05) is 32.6 Å². The van der Waals surface area contributed by atoms with Crippen molar-refractivity contribution in [1.29, 1.82) is 0 Å². The van der Waals surface area contributed by atoms with E-state index in [1.165, 1.54) is 0 Å². The molecule has 2 aromatic heterocycles. The molecular formula is C17H26N6O3. The van der Waals surface area contributed by atoms with Crippen molar-refractivity contribution in [2.75, 3.05) is 26.2 Å². The van der Waals surface area contributed by atoms with Crippen LogP contribution in [0.15, 0.2) is 9.05 Å². The molecule has 0 spiro atoms. The van der Waals surface area contributed by atoms with Gasteiger partial charge in [-0.2, -0.15) is 9.97 Å². The zero-order valence-corrected chi connectivity index (χ0v) is 15.8. The number of carbonyl (C=O) groups excluding carboxylic acids is 1. The van der Waals surface area contributed by atoms with Crippen molar-refractivity contribution in [3.63, 3.8) is 0 Å². The molecule has 1 amide bonds. The van der Waals surface area contributed by atoms with Crippen molar-refractivity contribution in [3.05, 3.63) is 23.4 Å². The van der Waals surface area contributed by atoms with Crippen LogP contribution < -0.4 is 0 Å². The molecule has 1 fully saturated rings. The Kier molecular flexibility index (Phi) is 5.65. The standard InChI is InChI=1S/C17H26N6O3/c1-11(2)16-19-14(25-21-16)5-6-15(24)23-9-7-22(8-10-23)12(3)17-18-13(4)20-26-17/h11-12H,5-10H2,1-4H3. The molecular weight excluding hydrogens is 336 g/mol. The summed E-state index contributed by atoms with van der Waals surface area (Å²) in [6.45, 7) is 10.8. The summed E-state index contributed by atoms with van der Waals surface area (Å²) in [5.74, 6) is 2.82. The number of aryl methyl sites for hydroxylation is 2. The lowest BCUT2D eigenvalue weighted by Gasteiger charge is -2.36. The molecule has 142 valence electrons. The van der Waals surface area contributed by atoms with E-state index >= 15 is 0 Å². The van der Waals surface area contributed by atoms with Crippen LogP contribution in [0.4, 0.5) is 0 Å². The summed E-state index contributed by atoms with van der Waals surface area (Å²) >= 11 is 0. The van der Waals surface area contributed by atoms with Gasteiger partial charge in [0, 0.05) is 44.9 Å². The van der Waals surface area contributed by atoms with Crippen LogP contribution in [0.5, 0.6) is 0 Å². The Bertz CT molecular complexity index is 732. The third-order valence-electron chi connectivity index (χ3n) is 4.67. The van der Waals surface area contributed by atoms with Crippen molar-refractivity contribution >= 4 is 5.91 Å². The summed E-state index contributed by atoms with van der Waals surface area (Å²) in [5, 5.41) is 7.77. The number of piperazine rings is 1. The van der Waals surface area contributed by atoms with E-state index in [2.05, 4.69) is 25.2 Å². The highest BCUT2D eigenvalue weighted by Gasteiger charge is 2.27. The summed E-state index contributed by atoms with van der Waals surface area (Å²) in [6, 6.07) is 0.0568. The lowest BCUT2D eigenvalue weighted by atomic mass is 10.2. The van der Waals surface area contributed by atoms with Crippen molar-refractivity contribution in [3.8, 4) is 0 Å². The molecule has 1 atom stereocenters. The zero-order valence-electron chi connectivity index (χ0n) is 15.8. The molecule has 0 N–H and O–H groups in total. The van der Waals surface area contributed by atoms with E-state index < -0.39 is 0 Å². The molecule has 3 heterocycles. The summed E-state index contributed by atoms with van der Waals surface area (Å²) in [6.07, 6.45) is 0.870. The zero-order chi connectivity index (χ0) is 18.7. The van der Waals surface area contributed by atoms with Crippen LogP contribution in [0.3, 0.4) is 0 Å². The molecule has 9 nitrogen and oxygen atoms in total. The van der Waals surface area contributed by atoms with E-state index in [4.69, 9.17) is 9.05 Å². The fourth-order valence-corrected chi connectivity index (χ4v) is 2.97. The fraction of sp³-hybridized carbons (Fsp3) is 0.706. The molecule has 2 aromatic rings. The van der Waals surface area contributed by atoms with Crippen LogP contribution in [0, 0.1) is 6.92 Å². The average molecular weight is 362 g/mol. The highest BCUT2D eigenvalue weighted by atomic mass is 16.5. The van der Waals surface area contributed by atoms with Crippen LogP contribution in [-0.4, -0.2) is 62.2 Å². The van der Waals surface area contributed by atoms with Gasteiger partial charge in [0.2, 0.25) is 17.7 Å². The third kappa shape index (κ3) is 4.27. The Balaban J connectivity index is 1.45. The van der Waals surface area contributed by atoms with Crippen molar-refractivity contribution in [2.24, 2.45) is 0 Å². The van der Waals surface area contributed by atoms with Crippen LogP contribution >= 0.6 is 0 Å². The Morgan fingerprint density at radius 1 is 1.08 bits per heavy atom. The van der Waals surface area contributed by atoms with Gasteiger partial charge in [-0.3, -0.25) is 9.69 Å². The molecule has 3 rings (SSSR count). The number of nitrogens with zero attached hydrogens (tertiary/aromatic N) is 6. The monoisotopic (exact) mass is 362 g/mol. The second-order valence-electron chi connectivity index (χ2n) is 6.97. The molecule has 9 heteroatoms. The summed E-state index contributed by atoms with van der Waals surface area (Å²) in [5.41, 5.74) is 0. The molecule has 0 aromatic carbocycles. The first-order valence-electron chi connectivity index (χ1n) is 9.08. The van der Waals surface area contributed by atoms with Crippen LogP contribution in [0.1, 0.15) is 62.6 Å². The van der Waals surface area contributed by atoms with Gasteiger partial charge in [0.05, 0.1) is 6.04 Å². The Morgan fingerprint density at radius 3 is 2.38 bits per heavy atom. The number of aromatic nitrogens is 4. The van der Waals surface area contributed by atoms with Gasteiger partial charge in [-0.05, 0) is 13.8 Å². The Morgan fingerprint density at radius 2 is 1.81 bits per heavy atom. The molecule has 1 aliphatic heterocycles. The highest BCUT2D eigenvalue weighted by Crippen LogP contribution is 2.20. The topological polar surface area (TPSA) is 101 Å². The van der Waals surface area contributed by atoms with Gasteiger partial charge in [-0.25, -0.2) is 0 Å². The van der Waals surface area contributed by atoms with E-state index in [1.54, 1.807) is 0 Å². The summed E-state index contributed by atoms with van der Waals surface area (Å²) in [4.78, 5) is 25.2. The van der Waals surface area contributed by atoms with Gasteiger partial charge in [-0.15, -0.1) is 0 Å². The second-order valence-corrected chi connectivity index (χ2v) is 6.97. The normalized spacial score (nSPS) is 17.0. The van der Waals surface area contributed by atoms with E-state index in [0.29, 0.717) is 49.4 Å². The minimum Gasteiger partial charge on any atom is -0.340 e.